The molecule has 2 aromatic heterocycles. The minimum atomic E-state index is -3.73. The predicted molar refractivity (Wildman–Crippen MR) is 150 cm³/mol. The number of sulfone groups is 2. The van der Waals surface area contributed by atoms with Gasteiger partial charge in [-0.2, -0.15) is 0 Å². The largest absolute Gasteiger partial charge is 0.323 e. The van der Waals surface area contributed by atoms with Crippen LogP contribution in [0.15, 0.2) is 83.1 Å². The van der Waals surface area contributed by atoms with Gasteiger partial charge in [-0.25, -0.2) is 16.8 Å². The molecule has 0 fully saturated rings. The Morgan fingerprint density at radius 3 is 1.27 bits per heavy atom. The lowest BCUT2D eigenvalue weighted by molar-refractivity contribution is 0.0965. The molecule has 0 bridgehead atoms. The third-order valence-electron chi connectivity index (χ3n) is 6.14. The summed E-state index contributed by atoms with van der Waals surface area (Å²) >= 11 is 0. The highest BCUT2D eigenvalue weighted by atomic mass is 32.2. The highest BCUT2D eigenvalue weighted by molar-refractivity contribution is 7.91. The number of hydrogen-bond acceptors (Lipinski definition) is 7. The monoisotopic (exact) mass is 581 g/mol. The van der Waals surface area contributed by atoms with Crippen molar-refractivity contribution in [1.82, 2.24) is 19.8 Å². The number of nitrogens with one attached hydrogen (secondary N) is 3. The smallest absolute Gasteiger partial charge is 0.258 e. The first-order valence-corrected chi connectivity index (χ1v) is 15.6. The van der Waals surface area contributed by atoms with Gasteiger partial charge in [-0.3, -0.25) is 25.6 Å². The zero-order valence-electron chi connectivity index (χ0n) is 22.1. The zero-order chi connectivity index (χ0) is 29.4. The van der Waals surface area contributed by atoms with Crippen molar-refractivity contribution >= 4 is 37.4 Å². The molecule has 13 heteroatoms. The third kappa shape index (κ3) is 5.90. The first-order chi connectivity index (χ1) is 18.7. The van der Waals surface area contributed by atoms with E-state index < -0.39 is 37.4 Å². The molecule has 0 radical (unpaired) electrons. The fraction of sp³-hybridized carbons (Fsp3) is 0.148. The number of amides is 2. The van der Waals surface area contributed by atoms with E-state index in [4.69, 9.17) is 5.41 Å². The van der Waals surface area contributed by atoms with Crippen molar-refractivity contribution in [1.29, 1.82) is 5.41 Å². The van der Waals surface area contributed by atoms with Crippen molar-refractivity contribution in [3.63, 3.8) is 0 Å². The van der Waals surface area contributed by atoms with Gasteiger partial charge in [0.25, 0.3) is 11.8 Å². The summed E-state index contributed by atoms with van der Waals surface area (Å²) in [6.07, 6.45) is 8.77. The van der Waals surface area contributed by atoms with Gasteiger partial charge in [0.05, 0.1) is 21.2 Å². The normalized spacial score (nSPS) is 11.7. The molecule has 208 valence electrons. The van der Waals surface area contributed by atoms with E-state index in [2.05, 4.69) is 10.6 Å². The highest BCUT2D eigenvalue weighted by Gasteiger charge is 2.23. The molecule has 2 amide bonds. The fourth-order valence-corrected chi connectivity index (χ4v) is 5.97. The van der Waals surface area contributed by atoms with Crippen molar-refractivity contribution in [2.75, 3.05) is 12.5 Å². The Kier molecular flexibility index (Phi) is 7.55. The molecule has 4 rings (SSSR count). The van der Waals surface area contributed by atoms with Crippen LogP contribution in [-0.2, 0) is 19.7 Å². The molecule has 0 aliphatic rings. The molecular formula is C27H27N5O6S2. The topological polar surface area (TPSA) is 160 Å². The molecule has 2 heterocycles. The van der Waals surface area contributed by atoms with E-state index in [-0.39, 0.29) is 20.9 Å². The summed E-state index contributed by atoms with van der Waals surface area (Å²) in [5.74, 6) is -2.27. The van der Waals surface area contributed by atoms with Crippen LogP contribution in [0.1, 0.15) is 31.8 Å². The number of rotatable bonds is 6. The van der Waals surface area contributed by atoms with E-state index in [1.807, 2.05) is 0 Å². The Morgan fingerprint density at radius 2 is 0.975 bits per heavy atom. The van der Waals surface area contributed by atoms with E-state index in [0.29, 0.717) is 22.5 Å². The number of benzene rings is 2. The second-order valence-corrected chi connectivity index (χ2v) is 13.2. The number of carbonyl (C=O) groups excluding carboxylic acids is 2. The number of hydrogen-bond donors (Lipinski definition) is 3. The first-order valence-electron chi connectivity index (χ1n) is 11.8. The van der Waals surface area contributed by atoms with Crippen LogP contribution in [0.3, 0.4) is 0 Å². The van der Waals surface area contributed by atoms with Gasteiger partial charge in [-0.1, -0.05) is 0 Å². The average molecular weight is 582 g/mol. The fourth-order valence-electron chi connectivity index (χ4n) is 4.22. The number of guanidine groups is 1. The van der Waals surface area contributed by atoms with Crippen molar-refractivity contribution < 1.29 is 26.4 Å². The van der Waals surface area contributed by atoms with Crippen molar-refractivity contribution in [2.24, 2.45) is 0 Å². The summed E-state index contributed by atoms with van der Waals surface area (Å²) in [5.41, 5.74) is 1.63. The summed E-state index contributed by atoms with van der Waals surface area (Å²) in [4.78, 5) is 25.9. The Hall–Kier alpha value is -4.49. The van der Waals surface area contributed by atoms with Crippen LogP contribution in [0.25, 0.3) is 11.4 Å². The molecule has 0 spiro atoms. The third-order valence-corrected chi connectivity index (χ3v) is 8.39. The Bertz CT molecular complexity index is 1720. The molecule has 0 saturated heterocycles. The summed E-state index contributed by atoms with van der Waals surface area (Å²) in [6, 6.07) is 12.5. The molecule has 4 aromatic rings. The minimum Gasteiger partial charge on any atom is -0.323 e. The van der Waals surface area contributed by atoms with Crippen molar-refractivity contribution in [3.05, 3.63) is 95.6 Å². The Balaban J connectivity index is 1.59. The molecule has 0 aliphatic heterocycles. The van der Waals surface area contributed by atoms with Gasteiger partial charge >= 0.3 is 0 Å². The first kappa shape index (κ1) is 28.5. The van der Waals surface area contributed by atoms with Gasteiger partial charge in [0.15, 0.2) is 19.7 Å². The van der Waals surface area contributed by atoms with Crippen LogP contribution in [-0.4, -0.2) is 56.3 Å². The van der Waals surface area contributed by atoms with E-state index in [0.717, 1.165) is 12.5 Å². The summed E-state index contributed by atoms with van der Waals surface area (Å²) in [5, 5.41) is 12.7. The molecule has 11 nitrogen and oxygen atoms in total. The van der Waals surface area contributed by atoms with Crippen molar-refractivity contribution in [3.8, 4) is 11.4 Å². The van der Waals surface area contributed by atoms with Gasteiger partial charge in [-0.15, -0.1) is 0 Å². The highest BCUT2D eigenvalue weighted by Crippen LogP contribution is 2.26. The maximum absolute atomic E-state index is 13.0. The predicted octanol–water partition coefficient (Wildman–Crippen LogP) is 2.79. The number of nitrogens with zero attached hydrogens (tertiary/aromatic N) is 2. The SMILES string of the molecule is Cc1cc(-n2cccc2)c(S(C)(=O)=O)cc1C(=O)NC(=N)NC(=O)c1cc(S(C)(=O)=O)c(-n2cccc2)cc1C. The lowest BCUT2D eigenvalue weighted by Crippen LogP contribution is -2.43. The van der Waals surface area contributed by atoms with E-state index in [9.17, 15) is 26.4 Å². The van der Waals surface area contributed by atoms with Crippen LogP contribution in [0.2, 0.25) is 0 Å². The van der Waals surface area contributed by atoms with Gasteiger partial charge in [-0.05, 0) is 73.5 Å². The summed E-state index contributed by atoms with van der Waals surface area (Å²) in [6.45, 7) is 3.25. The molecule has 40 heavy (non-hydrogen) atoms. The van der Waals surface area contributed by atoms with Gasteiger partial charge in [0, 0.05) is 48.4 Å². The minimum absolute atomic E-state index is 0.00180. The summed E-state index contributed by atoms with van der Waals surface area (Å²) < 4.78 is 53.2. The zero-order valence-corrected chi connectivity index (χ0v) is 23.7. The number of aromatic nitrogens is 2. The van der Waals surface area contributed by atoms with Crippen LogP contribution in [0, 0.1) is 19.3 Å². The molecule has 0 atom stereocenters. The van der Waals surface area contributed by atoms with Gasteiger partial charge in [0.2, 0.25) is 5.96 Å². The quantitative estimate of drug-likeness (QED) is 0.234. The van der Waals surface area contributed by atoms with Gasteiger partial charge < -0.3 is 9.13 Å². The second-order valence-electron chi connectivity index (χ2n) is 9.28. The maximum atomic E-state index is 13.0. The molecule has 0 aliphatic carbocycles. The van der Waals surface area contributed by atoms with Crippen LogP contribution < -0.4 is 10.6 Å². The second kappa shape index (κ2) is 10.6. The van der Waals surface area contributed by atoms with E-state index in [1.54, 1.807) is 84.2 Å². The Morgan fingerprint density at radius 1 is 0.650 bits per heavy atom. The number of carbonyl (C=O) groups is 2. The molecule has 0 unspecified atom stereocenters. The van der Waals surface area contributed by atoms with E-state index >= 15 is 0 Å². The average Bonchev–Trinajstić information content (AvgIpc) is 3.56. The maximum Gasteiger partial charge on any atom is 0.258 e. The van der Waals surface area contributed by atoms with Crippen molar-refractivity contribution in [2.45, 2.75) is 23.6 Å². The molecule has 3 N–H and O–H groups in total. The molecule has 2 aromatic carbocycles. The van der Waals surface area contributed by atoms with Crippen LogP contribution in [0.5, 0.6) is 0 Å². The molecular weight excluding hydrogens is 554 g/mol. The van der Waals surface area contributed by atoms with E-state index in [1.165, 1.54) is 12.1 Å². The van der Waals surface area contributed by atoms with Crippen LogP contribution >= 0.6 is 0 Å². The lowest BCUT2D eigenvalue weighted by Gasteiger charge is -2.16. The van der Waals surface area contributed by atoms with Gasteiger partial charge in [0.1, 0.15) is 0 Å². The Labute approximate surface area is 231 Å². The lowest BCUT2D eigenvalue weighted by atomic mass is 10.1. The number of aryl methyl sites for hydroxylation is 2. The summed E-state index contributed by atoms with van der Waals surface area (Å²) in [7, 11) is -7.46. The molecule has 0 saturated carbocycles. The standard InChI is InChI=1S/C27H27N5O6S2/c1-17-13-21(31-9-5-6-10-31)23(39(3,35)36)15-19(17)25(33)29-27(28)30-26(34)20-16-24(40(4,37)38)22(14-18(20)2)32-11-7-8-12-32/h5-16H,1-4H3,(H3,28,29,30,33,34). The van der Waals surface area contributed by atoms with Crippen LogP contribution in [0.4, 0.5) is 0 Å².